The third-order valence-corrected chi connectivity index (χ3v) is 2.29. The number of esters is 1. The summed E-state index contributed by atoms with van der Waals surface area (Å²) in [6, 6.07) is 11.0. The van der Waals surface area contributed by atoms with Gasteiger partial charge in [0.2, 0.25) is 0 Å². The second-order valence-corrected chi connectivity index (χ2v) is 3.42. The lowest BCUT2D eigenvalue weighted by Gasteiger charge is -2.04. The molecule has 0 aliphatic heterocycles. The Morgan fingerprint density at radius 3 is 2.47 bits per heavy atom. The molecule has 1 aromatic heterocycles. The number of benzene rings is 1. The van der Waals surface area contributed by atoms with E-state index in [0.717, 1.165) is 5.69 Å². The van der Waals surface area contributed by atoms with Crippen LogP contribution in [0.5, 0.6) is 0 Å². The summed E-state index contributed by atoms with van der Waals surface area (Å²) in [6.45, 7) is -0.00180. The first-order valence-corrected chi connectivity index (χ1v) is 5.15. The molecule has 0 radical (unpaired) electrons. The molecule has 1 aromatic carbocycles. The molecule has 0 aliphatic carbocycles. The zero-order valence-corrected chi connectivity index (χ0v) is 9.17. The molecular weight excluding hydrogens is 214 g/mol. The van der Waals surface area contributed by atoms with Gasteiger partial charge in [-0.1, -0.05) is 5.92 Å². The van der Waals surface area contributed by atoms with Gasteiger partial charge in [-0.15, -0.1) is 6.42 Å². The SMILES string of the molecule is C#CCOC(=O)c1ccc(-n2cccc2)cc1. The lowest BCUT2D eigenvalue weighted by molar-refractivity contribution is 0.0557. The fraction of sp³-hybridized carbons (Fsp3) is 0.0714. The molecule has 0 atom stereocenters. The quantitative estimate of drug-likeness (QED) is 0.592. The van der Waals surface area contributed by atoms with Crippen LogP contribution in [0.2, 0.25) is 0 Å². The highest BCUT2D eigenvalue weighted by Gasteiger charge is 2.05. The molecule has 0 saturated heterocycles. The summed E-state index contributed by atoms with van der Waals surface area (Å²) in [4.78, 5) is 11.5. The molecule has 0 N–H and O–H groups in total. The highest BCUT2D eigenvalue weighted by Crippen LogP contribution is 2.10. The van der Waals surface area contributed by atoms with Crippen LogP contribution in [0.4, 0.5) is 0 Å². The number of rotatable bonds is 3. The van der Waals surface area contributed by atoms with E-state index in [1.165, 1.54) is 0 Å². The van der Waals surface area contributed by atoms with Crippen molar-refractivity contribution in [1.29, 1.82) is 0 Å². The summed E-state index contributed by atoms with van der Waals surface area (Å²) < 4.78 is 6.78. The van der Waals surface area contributed by atoms with Crippen molar-refractivity contribution in [2.24, 2.45) is 0 Å². The first kappa shape index (κ1) is 11.0. The molecule has 0 saturated carbocycles. The Balaban J connectivity index is 2.14. The number of hydrogen-bond donors (Lipinski definition) is 0. The molecule has 2 rings (SSSR count). The fourth-order valence-corrected chi connectivity index (χ4v) is 1.47. The van der Waals surface area contributed by atoms with Gasteiger partial charge in [0.15, 0.2) is 6.61 Å². The van der Waals surface area contributed by atoms with Crippen molar-refractivity contribution >= 4 is 5.97 Å². The van der Waals surface area contributed by atoms with Crippen molar-refractivity contribution in [2.75, 3.05) is 6.61 Å². The second kappa shape index (κ2) is 5.04. The van der Waals surface area contributed by atoms with Gasteiger partial charge in [0.1, 0.15) is 0 Å². The first-order chi connectivity index (χ1) is 8.31. The summed E-state index contributed by atoms with van der Waals surface area (Å²) in [5, 5.41) is 0. The fourth-order valence-electron chi connectivity index (χ4n) is 1.47. The highest BCUT2D eigenvalue weighted by atomic mass is 16.5. The topological polar surface area (TPSA) is 31.2 Å². The van der Waals surface area contributed by atoms with Crippen LogP contribution < -0.4 is 0 Å². The molecular formula is C14H11NO2. The van der Waals surface area contributed by atoms with E-state index in [1.54, 1.807) is 12.1 Å². The lowest BCUT2D eigenvalue weighted by Crippen LogP contribution is -2.05. The summed E-state index contributed by atoms with van der Waals surface area (Å²) in [5.74, 6) is 1.85. The van der Waals surface area contributed by atoms with Crippen molar-refractivity contribution in [3.8, 4) is 18.0 Å². The smallest absolute Gasteiger partial charge is 0.339 e. The van der Waals surface area contributed by atoms with Crippen LogP contribution in [-0.4, -0.2) is 17.1 Å². The van der Waals surface area contributed by atoms with Crippen LogP contribution in [0.25, 0.3) is 5.69 Å². The highest BCUT2D eigenvalue weighted by molar-refractivity contribution is 5.89. The van der Waals surface area contributed by atoms with Crippen molar-refractivity contribution in [2.45, 2.75) is 0 Å². The number of carbonyl (C=O) groups is 1. The summed E-state index contributed by atoms with van der Waals surface area (Å²) in [7, 11) is 0. The molecule has 0 spiro atoms. The number of terminal acetylenes is 1. The van der Waals surface area contributed by atoms with Crippen LogP contribution in [-0.2, 0) is 4.74 Å². The van der Waals surface area contributed by atoms with E-state index in [2.05, 4.69) is 5.92 Å². The number of aromatic nitrogens is 1. The van der Waals surface area contributed by atoms with Crippen molar-refractivity contribution in [3.63, 3.8) is 0 Å². The van der Waals surface area contributed by atoms with Crippen LogP contribution in [0.3, 0.4) is 0 Å². The minimum absolute atomic E-state index is 0.00180. The average Bonchev–Trinajstić information content (AvgIpc) is 2.90. The molecule has 3 nitrogen and oxygen atoms in total. The van der Waals surface area contributed by atoms with Gasteiger partial charge in [0, 0.05) is 18.1 Å². The van der Waals surface area contributed by atoms with E-state index in [1.807, 2.05) is 41.2 Å². The number of nitrogens with zero attached hydrogens (tertiary/aromatic N) is 1. The van der Waals surface area contributed by atoms with Gasteiger partial charge in [-0.25, -0.2) is 4.79 Å². The first-order valence-electron chi connectivity index (χ1n) is 5.15. The monoisotopic (exact) mass is 225 g/mol. The average molecular weight is 225 g/mol. The van der Waals surface area contributed by atoms with Crippen LogP contribution >= 0.6 is 0 Å². The Morgan fingerprint density at radius 2 is 1.88 bits per heavy atom. The second-order valence-electron chi connectivity index (χ2n) is 3.42. The van der Waals surface area contributed by atoms with Crippen LogP contribution in [0.15, 0.2) is 48.8 Å². The minimum Gasteiger partial charge on any atom is -0.449 e. The molecule has 2 aromatic rings. The van der Waals surface area contributed by atoms with Crippen molar-refractivity contribution in [3.05, 3.63) is 54.4 Å². The maximum atomic E-state index is 11.5. The van der Waals surface area contributed by atoms with E-state index in [0.29, 0.717) is 5.56 Å². The number of carbonyl (C=O) groups excluding carboxylic acids is 1. The Morgan fingerprint density at radius 1 is 1.24 bits per heavy atom. The van der Waals surface area contributed by atoms with E-state index < -0.39 is 5.97 Å². The van der Waals surface area contributed by atoms with E-state index >= 15 is 0 Å². The maximum absolute atomic E-state index is 11.5. The molecule has 17 heavy (non-hydrogen) atoms. The molecule has 3 heteroatoms. The Bertz CT molecular complexity index is 533. The third-order valence-electron chi connectivity index (χ3n) is 2.29. The van der Waals surface area contributed by atoms with Crippen LogP contribution in [0, 0.1) is 12.3 Å². The van der Waals surface area contributed by atoms with Crippen molar-refractivity contribution < 1.29 is 9.53 Å². The van der Waals surface area contributed by atoms with Gasteiger partial charge in [-0.2, -0.15) is 0 Å². The zero-order chi connectivity index (χ0) is 12.1. The van der Waals surface area contributed by atoms with Gasteiger partial charge >= 0.3 is 5.97 Å². The minimum atomic E-state index is -0.401. The predicted molar refractivity (Wildman–Crippen MR) is 64.9 cm³/mol. The van der Waals surface area contributed by atoms with E-state index in [-0.39, 0.29) is 6.61 Å². The lowest BCUT2D eigenvalue weighted by atomic mass is 10.2. The normalized spacial score (nSPS) is 9.59. The molecule has 0 fully saturated rings. The third kappa shape index (κ3) is 2.56. The summed E-state index contributed by atoms with van der Waals surface area (Å²) >= 11 is 0. The number of ether oxygens (including phenoxy) is 1. The Kier molecular flexibility index (Phi) is 3.27. The molecule has 0 unspecified atom stereocenters. The van der Waals surface area contributed by atoms with Gasteiger partial charge in [0.05, 0.1) is 5.56 Å². The van der Waals surface area contributed by atoms with E-state index in [9.17, 15) is 4.79 Å². The summed E-state index contributed by atoms with van der Waals surface area (Å²) in [5.41, 5.74) is 1.49. The Hall–Kier alpha value is -2.47. The van der Waals surface area contributed by atoms with E-state index in [4.69, 9.17) is 11.2 Å². The van der Waals surface area contributed by atoms with Crippen molar-refractivity contribution in [1.82, 2.24) is 4.57 Å². The zero-order valence-electron chi connectivity index (χ0n) is 9.17. The predicted octanol–water partition coefficient (Wildman–Crippen LogP) is 2.27. The summed E-state index contributed by atoms with van der Waals surface area (Å²) in [6.07, 6.45) is 8.88. The standard InChI is InChI=1S/C14H11NO2/c1-2-11-17-14(16)12-5-7-13(8-6-12)15-9-3-4-10-15/h1,3-10H,11H2. The Labute approximate surface area is 99.6 Å². The largest absolute Gasteiger partial charge is 0.449 e. The maximum Gasteiger partial charge on any atom is 0.339 e. The molecule has 84 valence electrons. The van der Waals surface area contributed by atoms with Gasteiger partial charge in [0.25, 0.3) is 0 Å². The van der Waals surface area contributed by atoms with Crippen LogP contribution in [0.1, 0.15) is 10.4 Å². The molecule has 1 heterocycles. The van der Waals surface area contributed by atoms with Gasteiger partial charge < -0.3 is 9.30 Å². The molecule has 0 amide bonds. The van der Waals surface area contributed by atoms with Gasteiger partial charge in [-0.05, 0) is 36.4 Å². The molecule has 0 aliphatic rings. The molecule has 0 bridgehead atoms. The van der Waals surface area contributed by atoms with Gasteiger partial charge in [-0.3, -0.25) is 0 Å². The number of hydrogen-bond acceptors (Lipinski definition) is 2.